The number of benzene rings is 3. The van der Waals surface area contributed by atoms with Gasteiger partial charge in [0.1, 0.15) is 0 Å². The third-order valence-corrected chi connectivity index (χ3v) is 11.9. The maximum atomic E-state index is 11.8. The zero-order valence-electron chi connectivity index (χ0n) is 33.1. The fourth-order valence-electron chi connectivity index (χ4n) is 8.74. The summed E-state index contributed by atoms with van der Waals surface area (Å²) in [6.07, 6.45) is 9.67. The number of rotatable bonds is 18. The number of nitrogens with zero attached hydrogens (tertiary/aromatic N) is 1. The lowest BCUT2D eigenvalue weighted by Crippen LogP contribution is -2.44. The van der Waals surface area contributed by atoms with Gasteiger partial charge in [0.15, 0.2) is 6.29 Å². The van der Waals surface area contributed by atoms with Gasteiger partial charge in [-0.25, -0.2) is 9.59 Å². The Hall–Kier alpha value is -4.46. The van der Waals surface area contributed by atoms with Crippen LogP contribution in [-0.2, 0) is 59.3 Å². The second kappa shape index (κ2) is 15.3. The summed E-state index contributed by atoms with van der Waals surface area (Å²) in [5.74, 6) is -0.772. The van der Waals surface area contributed by atoms with Gasteiger partial charge in [0.05, 0.1) is 36.9 Å². The molecule has 3 aliphatic rings. The topological polar surface area (TPSA) is 85.3 Å². The summed E-state index contributed by atoms with van der Waals surface area (Å²) in [4.78, 5) is 26.0. The van der Waals surface area contributed by atoms with Crippen LogP contribution in [0.5, 0.6) is 0 Å². The number of ether oxygens (including phenoxy) is 3. The number of esters is 2. The molecule has 7 heteroatoms. The molecule has 0 saturated carbocycles. The van der Waals surface area contributed by atoms with Crippen LogP contribution in [0, 0.1) is 0 Å². The molecule has 3 aliphatic heterocycles. The largest absolute Gasteiger partial charge is 0.463 e. The molecule has 54 heavy (non-hydrogen) atoms. The third-order valence-electron chi connectivity index (χ3n) is 11.9. The minimum absolute atomic E-state index is 0.267. The third kappa shape index (κ3) is 7.09. The first-order chi connectivity index (χ1) is 25.7. The second-order valence-corrected chi connectivity index (χ2v) is 16.6. The van der Waals surface area contributed by atoms with Crippen molar-refractivity contribution in [3.8, 4) is 0 Å². The van der Waals surface area contributed by atoms with E-state index in [0.29, 0.717) is 19.8 Å². The Morgan fingerprint density at radius 1 is 0.593 bits per heavy atom. The van der Waals surface area contributed by atoms with E-state index in [9.17, 15) is 14.7 Å². The number of aliphatic hydroxyl groups is 1. The maximum absolute atomic E-state index is 11.8. The molecule has 0 fully saturated rings. The summed E-state index contributed by atoms with van der Waals surface area (Å²) >= 11 is 0. The van der Waals surface area contributed by atoms with Crippen LogP contribution >= 0.6 is 0 Å². The summed E-state index contributed by atoms with van der Waals surface area (Å²) < 4.78 is 16.1. The summed E-state index contributed by atoms with van der Waals surface area (Å²) in [6.45, 7) is 26.1. The van der Waals surface area contributed by atoms with E-state index in [4.69, 9.17) is 14.2 Å². The van der Waals surface area contributed by atoms with Crippen molar-refractivity contribution in [1.82, 2.24) is 0 Å². The van der Waals surface area contributed by atoms with Crippen LogP contribution in [0.3, 0.4) is 0 Å². The van der Waals surface area contributed by atoms with Crippen molar-refractivity contribution in [2.75, 3.05) is 24.7 Å². The second-order valence-electron chi connectivity index (χ2n) is 16.6. The average molecular weight is 732 g/mol. The first-order valence-corrected chi connectivity index (χ1v) is 19.5. The van der Waals surface area contributed by atoms with E-state index in [-0.39, 0.29) is 22.2 Å². The molecule has 0 radical (unpaired) electrons. The number of hydrogen-bond acceptors (Lipinski definition) is 7. The summed E-state index contributed by atoms with van der Waals surface area (Å²) in [5, 5.41) is 9.78. The number of anilines is 3. The quantitative estimate of drug-likeness (QED) is 0.0459. The lowest BCUT2D eigenvalue weighted by Gasteiger charge is -2.55. The minimum Gasteiger partial charge on any atom is -0.463 e. The van der Waals surface area contributed by atoms with Gasteiger partial charge in [-0.3, -0.25) is 0 Å². The molecule has 1 unspecified atom stereocenters. The number of hydrogen-bond donors (Lipinski definition) is 1. The Morgan fingerprint density at radius 2 is 0.926 bits per heavy atom. The van der Waals surface area contributed by atoms with E-state index in [1.807, 2.05) is 0 Å². The highest BCUT2D eigenvalue weighted by Crippen LogP contribution is 2.66. The normalized spacial score (nSPS) is 16.5. The van der Waals surface area contributed by atoms with Crippen LogP contribution < -0.4 is 4.90 Å². The number of carbonyl (C=O) groups excluding carboxylic acids is 2. The predicted molar refractivity (Wildman–Crippen MR) is 216 cm³/mol. The highest BCUT2D eigenvalue weighted by molar-refractivity contribution is 5.98. The molecule has 0 saturated heterocycles. The summed E-state index contributed by atoms with van der Waals surface area (Å²) in [6, 6.07) is 14.6. The number of carbonyl (C=O) groups is 2. The van der Waals surface area contributed by atoms with Crippen molar-refractivity contribution in [2.45, 2.75) is 115 Å². The van der Waals surface area contributed by atoms with Crippen molar-refractivity contribution >= 4 is 29.0 Å². The molecule has 3 heterocycles. The van der Waals surface area contributed by atoms with Crippen molar-refractivity contribution in [1.29, 1.82) is 0 Å². The highest BCUT2D eigenvalue weighted by atomic mass is 16.6. The molecule has 0 spiro atoms. The van der Waals surface area contributed by atoms with Gasteiger partial charge in [-0.1, -0.05) is 97.7 Å². The van der Waals surface area contributed by atoms with Crippen molar-refractivity contribution in [3.05, 3.63) is 124 Å². The van der Waals surface area contributed by atoms with Crippen molar-refractivity contribution in [2.24, 2.45) is 0 Å². The lowest BCUT2D eigenvalue weighted by molar-refractivity contribution is -0.138. The first-order valence-electron chi connectivity index (χ1n) is 19.5. The SMILES string of the molecule is C=CC(=O)OCCCCc1cc2c3c(c1)C(C)(C)c1cc(CCCOC(=O)C=C)cc4c1N3c1c(cc(CCCCOC(O)C=C)cc1C4(C)C)C2(C)C. The minimum atomic E-state index is -0.934. The predicted octanol–water partition coefficient (Wildman–Crippen LogP) is 9.63. The molecule has 0 aliphatic carbocycles. The molecular formula is C47H57NO6. The molecule has 7 nitrogen and oxygen atoms in total. The smallest absolute Gasteiger partial charge is 0.330 e. The van der Waals surface area contributed by atoms with Crippen molar-refractivity contribution < 1.29 is 28.9 Å². The molecular weight excluding hydrogens is 675 g/mol. The van der Waals surface area contributed by atoms with Gasteiger partial charge < -0.3 is 24.2 Å². The molecule has 0 aromatic heterocycles. The monoisotopic (exact) mass is 731 g/mol. The van der Waals surface area contributed by atoms with Gasteiger partial charge in [-0.05, 0) is 108 Å². The highest BCUT2D eigenvalue weighted by Gasteiger charge is 2.52. The fourth-order valence-corrected chi connectivity index (χ4v) is 8.74. The standard InChI is InChI=1S/C47H57NO6/c1-10-39(49)52-21-15-13-18-30-24-33-42-35(26-30)46(6,7)37-28-32(20-17-23-54-41(51)12-3)29-38-44(37)48(42)43-34(45(33,4)5)25-31(27-36(43)47(38,8)9)19-14-16-22-53-40(50)11-2/h10-12,24-29,39,49H,1-3,13-23H2,4-9H3. The molecule has 1 N–H and O–H groups in total. The van der Waals surface area contributed by atoms with E-state index in [2.05, 4.69) is 103 Å². The van der Waals surface area contributed by atoms with Crippen LogP contribution in [0.4, 0.5) is 17.1 Å². The molecule has 3 aromatic carbocycles. The van der Waals surface area contributed by atoms with E-state index < -0.39 is 12.3 Å². The number of unbranched alkanes of at least 4 members (excludes halogenated alkanes) is 2. The average Bonchev–Trinajstić information content (AvgIpc) is 3.14. The van der Waals surface area contributed by atoms with Gasteiger partial charge in [0.2, 0.25) is 0 Å². The van der Waals surface area contributed by atoms with Gasteiger partial charge >= 0.3 is 11.9 Å². The van der Waals surface area contributed by atoms with Crippen LogP contribution in [0.15, 0.2) is 74.4 Å². The number of aliphatic hydroxyl groups excluding tert-OH is 1. The zero-order chi connectivity index (χ0) is 39.0. The summed E-state index contributed by atoms with van der Waals surface area (Å²) in [5.41, 5.74) is 14.9. The Balaban J connectivity index is 1.46. The maximum Gasteiger partial charge on any atom is 0.330 e. The van der Waals surface area contributed by atoms with Crippen LogP contribution in [0.25, 0.3) is 0 Å². The van der Waals surface area contributed by atoms with Crippen LogP contribution in [0.2, 0.25) is 0 Å². The van der Waals surface area contributed by atoms with Gasteiger partial charge in [0.25, 0.3) is 0 Å². The lowest BCUT2D eigenvalue weighted by atomic mass is 9.60. The van der Waals surface area contributed by atoms with E-state index in [1.54, 1.807) is 0 Å². The molecule has 286 valence electrons. The van der Waals surface area contributed by atoms with Crippen molar-refractivity contribution in [3.63, 3.8) is 0 Å². The van der Waals surface area contributed by atoms with Gasteiger partial charge in [-0.15, -0.1) is 0 Å². The Morgan fingerprint density at radius 3 is 1.28 bits per heavy atom. The molecule has 1 atom stereocenters. The molecule has 0 amide bonds. The Labute approximate surface area is 321 Å². The van der Waals surface area contributed by atoms with E-state index in [1.165, 1.54) is 85.4 Å². The fraction of sp³-hybridized carbons (Fsp3) is 0.447. The Bertz CT molecular complexity index is 1980. The molecule has 0 bridgehead atoms. The molecule has 3 aromatic rings. The molecule has 6 rings (SSSR count). The summed E-state index contributed by atoms with van der Waals surface area (Å²) in [7, 11) is 0. The Kier molecular flexibility index (Phi) is 11.2. The van der Waals surface area contributed by atoms with E-state index >= 15 is 0 Å². The van der Waals surface area contributed by atoms with Crippen LogP contribution in [-0.4, -0.2) is 43.2 Å². The van der Waals surface area contributed by atoms with Gasteiger partial charge in [-0.2, -0.15) is 0 Å². The number of aryl methyl sites for hydroxylation is 3. The van der Waals surface area contributed by atoms with Gasteiger partial charge in [0, 0.05) is 28.4 Å². The van der Waals surface area contributed by atoms with Crippen LogP contribution in [0.1, 0.15) is 124 Å². The zero-order valence-corrected chi connectivity index (χ0v) is 33.1. The van der Waals surface area contributed by atoms with E-state index in [0.717, 1.165) is 51.4 Å². The first kappa shape index (κ1) is 39.2.